The van der Waals surface area contributed by atoms with E-state index in [9.17, 15) is 4.79 Å². The molecule has 1 fully saturated rings. The molecule has 3 heterocycles. The normalized spacial score (nSPS) is 13.9. The van der Waals surface area contributed by atoms with Gasteiger partial charge in [0.25, 0.3) is 0 Å². The van der Waals surface area contributed by atoms with E-state index in [0.29, 0.717) is 31.1 Å². The highest BCUT2D eigenvalue weighted by Gasteiger charge is 2.26. The molecule has 31 heavy (non-hydrogen) atoms. The SMILES string of the molecule is CCOc1ccccc1NC(=O)N1CCN(c2c(C)nn(-c3ccccn3)c2C)CC1. The Morgan fingerprint density at radius 3 is 2.52 bits per heavy atom. The Kier molecular flexibility index (Phi) is 6.06. The first kappa shape index (κ1) is 20.7. The van der Waals surface area contributed by atoms with Gasteiger partial charge in [0.1, 0.15) is 5.75 Å². The summed E-state index contributed by atoms with van der Waals surface area (Å²) in [6, 6.07) is 13.2. The number of hydrogen-bond acceptors (Lipinski definition) is 5. The van der Waals surface area contributed by atoms with E-state index in [1.54, 1.807) is 6.20 Å². The van der Waals surface area contributed by atoms with Crippen molar-refractivity contribution in [2.45, 2.75) is 20.8 Å². The van der Waals surface area contributed by atoms with E-state index in [4.69, 9.17) is 9.84 Å². The number of aromatic nitrogens is 3. The van der Waals surface area contributed by atoms with Gasteiger partial charge < -0.3 is 19.9 Å². The fourth-order valence-electron chi connectivity index (χ4n) is 3.97. The van der Waals surface area contributed by atoms with Crippen LogP contribution in [0.4, 0.5) is 16.2 Å². The minimum atomic E-state index is -0.107. The van der Waals surface area contributed by atoms with Crippen molar-refractivity contribution in [1.82, 2.24) is 19.7 Å². The number of nitrogens with one attached hydrogen (secondary N) is 1. The van der Waals surface area contributed by atoms with Crippen LogP contribution < -0.4 is 15.0 Å². The van der Waals surface area contributed by atoms with Gasteiger partial charge in [-0.1, -0.05) is 18.2 Å². The molecule has 1 aromatic carbocycles. The van der Waals surface area contributed by atoms with Crippen LogP contribution in [0, 0.1) is 13.8 Å². The molecule has 1 aliphatic rings. The van der Waals surface area contributed by atoms with Gasteiger partial charge in [0, 0.05) is 32.4 Å². The van der Waals surface area contributed by atoms with Crippen LogP contribution >= 0.6 is 0 Å². The number of benzene rings is 1. The lowest BCUT2D eigenvalue weighted by Crippen LogP contribution is -2.50. The Morgan fingerprint density at radius 2 is 1.81 bits per heavy atom. The summed E-state index contributed by atoms with van der Waals surface area (Å²) < 4.78 is 7.49. The summed E-state index contributed by atoms with van der Waals surface area (Å²) in [7, 11) is 0. The average Bonchev–Trinajstić information content (AvgIpc) is 3.10. The van der Waals surface area contributed by atoms with E-state index < -0.39 is 0 Å². The van der Waals surface area contributed by atoms with Crippen molar-refractivity contribution in [3.8, 4) is 11.6 Å². The number of pyridine rings is 1. The third kappa shape index (κ3) is 4.33. The molecule has 0 radical (unpaired) electrons. The first-order chi connectivity index (χ1) is 15.1. The lowest BCUT2D eigenvalue weighted by atomic mass is 10.2. The van der Waals surface area contributed by atoms with Gasteiger partial charge in [-0.3, -0.25) is 0 Å². The molecule has 8 nitrogen and oxygen atoms in total. The Morgan fingerprint density at radius 1 is 1.06 bits per heavy atom. The first-order valence-corrected chi connectivity index (χ1v) is 10.6. The third-order valence-electron chi connectivity index (χ3n) is 5.43. The summed E-state index contributed by atoms with van der Waals surface area (Å²) in [4.78, 5) is 21.4. The van der Waals surface area contributed by atoms with Gasteiger partial charge in [0.05, 0.1) is 29.4 Å². The molecule has 2 aromatic heterocycles. The molecule has 1 saturated heterocycles. The van der Waals surface area contributed by atoms with Crippen LogP contribution in [-0.4, -0.2) is 58.5 Å². The number of ether oxygens (including phenoxy) is 1. The van der Waals surface area contributed by atoms with Crippen LogP contribution in [0.2, 0.25) is 0 Å². The van der Waals surface area contributed by atoms with Crippen molar-refractivity contribution in [2.75, 3.05) is 43.0 Å². The summed E-state index contributed by atoms with van der Waals surface area (Å²) in [5, 5.41) is 7.69. The van der Waals surface area contributed by atoms with Crippen molar-refractivity contribution >= 4 is 17.4 Å². The molecule has 1 aliphatic heterocycles. The quantitative estimate of drug-likeness (QED) is 0.682. The number of urea groups is 1. The molecule has 4 rings (SSSR count). The number of carbonyl (C=O) groups is 1. The van der Waals surface area contributed by atoms with E-state index in [0.717, 1.165) is 36.0 Å². The molecule has 162 valence electrons. The predicted molar refractivity (Wildman–Crippen MR) is 121 cm³/mol. The van der Waals surface area contributed by atoms with Gasteiger partial charge in [-0.2, -0.15) is 5.10 Å². The van der Waals surface area contributed by atoms with Gasteiger partial charge >= 0.3 is 6.03 Å². The molecule has 0 bridgehead atoms. The molecule has 0 saturated carbocycles. The summed E-state index contributed by atoms with van der Waals surface area (Å²) in [5.41, 5.74) is 3.83. The van der Waals surface area contributed by atoms with Crippen molar-refractivity contribution in [3.63, 3.8) is 0 Å². The van der Waals surface area contributed by atoms with E-state index in [-0.39, 0.29) is 6.03 Å². The van der Waals surface area contributed by atoms with Crippen LogP contribution in [0.25, 0.3) is 5.82 Å². The molecule has 0 unspecified atom stereocenters. The molecular weight excluding hydrogens is 392 g/mol. The van der Waals surface area contributed by atoms with Gasteiger partial charge in [0.15, 0.2) is 5.82 Å². The van der Waals surface area contributed by atoms with Crippen molar-refractivity contribution < 1.29 is 9.53 Å². The van der Waals surface area contributed by atoms with Gasteiger partial charge in [-0.25, -0.2) is 14.5 Å². The maximum Gasteiger partial charge on any atom is 0.322 e. The predicted octanol–water partition coefficient (Wildman–Crippen LogP) is 3.64. The lowest BCUT2D eigenvalue weighted by Gasteiger charge is -2.36. The highest BCUT2D eigenvalue weighted by Crippen LogP contribution is 2.28. The summed E-state index contributed by atoms with van der Waals surface area (Å²) in [6.45, 7) is 9.33. The molecule has 2 amide bonds. The number of amides is 2. The van der Waals surface area contributed by atoms with E-state index in [2.05, 4.69) is 22.1 Å². The number of hydrogen-bond donors (Lipinski definition) is 1. The molecule has 1 N–H and O–H groups in total. The van der Waals surface area contributed by atoms with Gasteiger partial charge in [-0.05, 0) is 45.0 Å². The summed E-state index contributed by atoms with van der Waals surface area (Å²) in [6.07, 6.45) is 1.77. The zero-order chi connectivity index (χ0) is 21.8. The topological polar surface area (TPSA) is 75.5 Å². The van der Waals surface area contributed by atoms with E-state index >= 15 is 0 Å². The number of nitrogens with zero attached hydrogens (tertiary/aromatic N) is 5. The molecular formula is C23H28N6O2. The largest absolute Gasteiger partial charge is 0.492 e. The number of para-hydroxylation sites is 2. The minimum Gasteiger partial charge on any atom is -0.492 e. The number of rotatable bonds is 5. The standard InChI is InChI=1S/C23H28N6O2/c1-4-31-20-10-6-5-9-19(20)25-23(30)28-15-13-27(14-16-28)22-17(2)26-29(18(22)3)21-11-7-8-12-24-21/h5-12H,4,13-16H2,1-3H3,(H,25,30). The fourth-order valence-corrected chi connectivity index (χ4v) is 3.97. The van der Waals surface area contributed by atoms with Crippen LogP contribution in [0.3, 0.4) is 0 Å². The number of carbonyl (C=O) groups excluding carboxylic acids is 1. The second kappa shape index (κ2) is 9.07. The number of aryl methyl sites for hydroxylation is 1. The Bertz CT molecular complexity index is 1040. The molecule has 8 heteroatoms. The Balaban J connectivity index is 1.43. The highest BCUT2D eigenvalue weighted by atomic mass is 16.5. The van der Waals surface area contributed by atoms with E-state index in [1.807, 2.05) is 65.9 Å². The minimum absolute atomic E-state index is 0.107. The second-order valence-electron chi connectivity index (χ2n) is 7.45. The second-order valence-corrected chi connectivity index (χ2v) is 7.45. The van der Waals surface area contributed by atoms with Crippen molar-refractivity contribution in [1.29, 1.82) is 0 Å². The summed E-state index contributed by atoms with van der Waals surface area (Å²) >= 11 is 0. The van der Waals surface area contributed by atoms with Crippen LogP contribution in [0.1, 0.15) is 18.3 Å². The number of anilines is 2. The fraction of sp³-hybridized carbons (Fsp3) is 0.348. The Labute approximate surface area is 182 Å². The maximum atomic E-state index is 12.8. The maximum absolute atomic E-state index is 12.8. The monoisotopic (exact) mass is 420 g/mol. The van der Waals surface area contributed by atoms with Gasteiger partial charge in [0.2, 0.25) is 0 Å². The van der Waals surface area contributed by atoms with Crippen LogP contribution in [0.5, 0.6) is 5.75 Å². The van der Waals surface area contributed by atoms with E-state index in [1.165, 1.54) is 0 Å². The molecule has 0 atom stereocenters. The number of piperazine rings is 1. The Hall–Kier alpha value is -3.55. The van der Waals surface area contributed by atoms with Crippen molar-refractivity contribution in [2.24, 2.45) is 0 Å². The van der Waals surface area contributed by atoms with Crippen LogP contribution in [0.15, 0.2) is 48.7 Å². The third-order valence-corrected chi connectivity index (χ3v) is 5.43. The summed E-state index contributed by atoms with van der Waals surface area (Å²) in [5.74, 6) is 1.49. The zero-order valence-corrected chi connectivity index (χ0v) is 18.2. The zero-order valence-electron chi connectivity index (χ0n) is 18.2. The highest BCUT2D eigenvalue weighted by molar-refractivity contribution is 5.91. The lowest BCUT2D eigenvalue weighted by molar-refractivity contribution is 0.208. The van der Waals surface area contributed by atoms with Crippen molar-refractivity contribution in [3.05, 3.63) is 60.0 Å². The molecule has 0 spiro atoms. The smallest absolute Gasteiger partial charge is 0.322 e. The van der Waals surface area contributed by atoms with Gasteiger partial charge in [-0.15, -0.1) is 0 Å². The average molecular weight is 421 g/mol. The van der Waals surface area contributed by atoms with Crippen LogP contribution in [-0.2, 0) is 0 Å². The first-order valence-electron chi connectivity index (χ1n) is 10.6. The molecule has 3 aromatic rings. The molecule has 0 aliphatic carbocycles.